The van der Waals surface area contributed by atoms with E-state index in [1.54, 1.807) is 6.33 Å². The zero-order valence-corrected chi connectivity index (χ0v) is 11.1. The van der Waals surface area contributed by atoms with Gasteiger partial charge in [-0.1, -0.05) is 0 Å². The smallest absolute Gasteiger partial charge is 0.122 e. The molecule has 0 radical (unpaired) electrons. The predicted molar refractivity (Wildman–Crippen MR) is 72.4 cm³/mol. The summed E-state index contributed by atoms with van der Waals surface area (Å²) in [5.74, 6) is 0.928. The van der Waals surface area contributed by atoms with E-state index in [4.69, 9.17) is 10.5 Å². The van der Waals surface area contributed by atoms with E-state index in [0.29, 0.717) is 13.2 Å². The van der Waals surface area contributed by atoms with Crippen LogP contribution < -0.4 is 10.5 Å². The number of aryl methyl sites for hydroxylation is 2. The Morgan fingerprint density at radius 2 is 2.17 bits per heavy atom. The second-order valence-corrected chi connectivity index (χ2v) is 4.27. The Kier molecular flexibility index (Phi) is 3.67. The number of rotatable bonds is 4. The average Bonchev–Trinajstić information content (AvgIpc) is 2.73. The summed E-state index contributed by atoms with van der Waals surface area (Å²) >= 11 is 0. The van der Waals surface area contributed by atoms with Gasteiger partial charge in [0.2, 0.25) is 0 Å². The SMILES string of the molecule is CCOc1ccc(-c2c(CN)ncn2C)cc1C. The van der Waals surface area contributed by atoms with Gasteiger partial charge in [0.1, 0.15) is 5.75 Å². The van der Waals surface area contributed by atoms with Crippen molar-refractivity contribution in [1.82, 2.24) is 9.55 Å². The normalized spacial score (nSPS) is 10.7. The van der Waals surface area contributed by atoms with Crippen molar-refractivity contribution in [3.05, 3.63) is 35.8 Å². The van der Waals surface area contributed by atoms with Crippen molar-refractivity contribution in [3.63, 3.8) is 0 Å². The summed E-state index contributed by atoms with van der Waals surface area (Å²) in [6.07, 6.45) is 1.79. The molecule has 0 aliphatic rings. The van der Waals surface area contributed by atoms with Crippen LogP contribution in [0.15, 0.2) is 24.5 Å². The first-order valence-electron chi connectivity index (χ1n) is 6.11. The van der Waals surface area contributed by atoms with Crippen LogP contribution in [0.1, 0.15) is 18.2 Å². The number of aromatic nitrogens is 2. The van der Waals surface area contributed by atoms with Crippen molar-refractivity contribution < 1.29 is 4.74 Å². The van der Waals surface area contributed by atoms with Gasteiger partial charge in [-0.15, -0.1) is 0 Å². The highest BCUT2D eigenvalue weighted by Gasteiger charge is 2.11. The van der Waals surface area contributed by atoms with Crippen LogP contribution in [0.25, 0.3) is 11.3 Å². The monoisotopic (exact) mass is 245 g/mol. The lowest BCUT2D eigenvalue weighted by atomic mass is 10.1. The van der Waals surface area contributed by atoms with Crippen molar-refractivity contribution >= 4 is 0 Å². The maximum absolute atomic E-state index is 5.72. The molecule has 0 bridgehead atoms. The number of imidazole rings is 1. The van der Waals surface area contributed by atoms with Crippen LogP contribution in [0.3, 0.4) is 0 Å². The van der Waals surface area contributed by atoms with Gasteiger partial charge >= 0.3 is 0 Å². The Morgan fingerprint density at radius 3 is 2.78 bits per heavy atom. The molecule has 0 saturated carbocycles. The second kappa shape index (κ2) is 5.23. The maximum atomic E-state index is 5.72. The van der Waals surface area contributed by atoms with Crippen LogP contribution in [-0.4, -0.2) is 16.2 Å². The molecule has 0 spiro atoms. The minimum atomic E-state index is 0.447. The molecular weight excluding hydrogens is 226 g/mol. The number of nitrogens with zero attached hydrogens (tertiary/aromatic N) is 2. The van der Waals surface area contributed by atoms with E-state index < -0.39 is 0 Å². The Bertz CT molecular complexity index is 546. The molecule has 0 fully saturated rings. The number of hydrogen-bond acceptors (Lipinski definition) is 3. The van der Waals surface area contributed by atoms with Gasteiger partial charge in [-0.2, -0.15) is 0 Å². The van der Waals surface area contributed by atoms with Crippen molar-refractivity contribution in [3.8, 4) is 17.0 Å². The highest BCUT2D eigenvalue weighted by Crippen LogP contribution is 2.27. The van der Waals surface area contributed by atoms with Crippen molar-refractivity contribution in [1.29, 1.82) is 0 Å². The molecule has 1 aromatic heterocycles. The minimum Gasteiger partial charge on any atom is -0.494 e. The minimum absolute atomic E-state index is 0.447. The van der Waals surface area contributed by atoms with Crippen molar-refractivity contribution in [2.75, 3.05) is 6.61 Å². The molecule has 96 valence electrons. The Morgan fingerprint density at radius 1 is 1.39 bits per heavy atom. The van der Waals surface area contributed by atoms with E-state index in [1.165, 1.54) is 0 Å². The number of nitrogens with two attached hydrogens (primary N) is 1. The first-order valence-corrected chi connectivity index (χ1v) is 6.11. The molecule has 0 aliphatic heterocycles. The lowest BCUT2D eigenvalue weighted by molar-refractivity contribution is 0.338. The van der Waals surface area contributed by atoms with E-state index in [2.05, 4.69) is 11.1 Å². The molecule has 0 atom stereocenters. The molecule has 0 unspecified atom stereocenters. The average molecular weight is 245 g/mol. The van der Waals surface area contributed by atoms with E-state index in [-0.39, 0.29) is 0 Å². The van der Waals surface area contributed by atoms with Crippen LogP contribution in [0.5, 0.6) is 5.75 Å². The Labute approximate surface area is 107 Å². The van der Waals surface area contributed by atoms with Crippen molar-refractivity contribution in [2.24, 2.45) is 12.8 Å². The molecule has 2 aromatic rings. The molecule has 1 aromatic carbocycles. The van der Waals surface area contributed by atoms with Gasteiger partial charge in [-0.3, -0.25) is 0 Å². The highest BCUT2D eigenvalue weighted by atomic mass is 16.5. The molecule has 0 saturated heterocycles. The van der Waals surface area contributed by atoms with Gasteiger partial charge in [0.15, 0.2) is 0 Å². The quantitative estimate of drug-likeness (QED) is 0.898. The third-order valence-electron chi connectivity index (χ3n) is 2.95. The standard InChI is InChI=1S/C14H19N3O/c1-4-18-13-6-5-11(7-10(13)2)14-12(8-15)16-9-17(14)3/h5-7,9H,4,8,15H2,1-3H3. The molecule has 18 heavy (non-hydrogen) atoms. The van der Waals surface area contributed by atoms with E-state index in [0.717, 1.165) is 28.3 Å². The fraction of sp³-hybridized carbons (Fsp3) is 0.357. The van der Waals surface area contributed by atoms with Crippen molar-refractivity contribution in [2.45, 2.75) is 20.4 Å². The third kappa shape index (κ3) is 2.24. The summed E-state index contributed by atoms with van der Waals surface area (Å²) in [6, 6.07) is 6.16. The number of ether oxygens (including phenoxy) is 1. The topological polar surface area (TPSA) is 53.1 Å². The predicted octanol–water partition coefficient (Wildman–Crippen LogP) is 2.25. The van der Waals surface area contributed by atoms with Crippen LogP contribution in [0.4, 0.5) is 0 Å². The fourth-order valence-corrected chi connectivity index (χ4v) is 2.11. The van der Waals surface area contributed by atoms with Gasteiger partial charge in [0.25, 0.3) is 0 Å². The molecule has 0 amide bonds. The lowest BCUT2D eigenvalue weighted by Gasteiger charge is -2.10. The molecule has 4 heteroatoms. The Balaban J connectivity index is 2.45. The zero-order valence-electron chi connectivity index (χ0n) is 11.1. The highest BCUT2D eigenvalue weighted by molar-refractivity contribution is 5.65. The van der Waals surface area contributed by atoms with E-state index >= 15 is 0 Å². The fourth-order valence-electron chi connectivity index (χ4n) is 2.11. The van der Waals surface area contributed by atoms with Gasteiger partial charge < -0.3 is 15.0 Å². The van der Waals surface area contributed by atoms with Crippen LogP contribution >= 0.6 is 0 Å². The van der Waals surface area contributed by atoms with Crippen LogP contribution in [0.2, 0.25) is 0 Å². The number of hydrogen-bond donors (Lipinski definition) is 1. The van der Waals surface area contributed by atoms with Crippen LogP contribution in [-0.2, 0) is 13.6 Å². The zero-order chi connectivity index (χ0) is 13.1. The van der Waals surface area contributed by atoms with Gasteiger partial charge in [0.05, 0.1) is 24.3 Å². The van der Waals surface area contributed by atoms with Crippen LogP contribution in [0, 0.1) is 6.92 Å². The summed E-state index contributed by atoms with van der Waals surface area (Å²) in [5.41, 5.74) is 9.95. The molecule has 1 heterocycles. The molecular formula is C14H19N3O. The lowest BCUT2D eigenvalue weighted by Crippen LogP contribution is -2.01. The van der Waals surface area contributed by atoms with Gasteiger partial charge in [0, 0.05) is 19.2 Å². The first-order chi connectivity index (χ1) is 8.67. The largest absolute Gasteiger partial charge is 0.494 e. The number of benzene rings is 1. The Hall–Kier alpha value is -1.81. The molecule has 0 aliphatic carbocycles. The van der Waals surface area contributed by atoms with Gasteiger partial charge in [-0.25, -0.2) is 4.98 Å². The second-order valence-electron chi connectivity index (χ2n) is 4.27. The maximum Gasteiger partial charge on any atom is 0.122 e. The molecule has 2 rings (SSSR count). The molecule has 4 nitrogen and oxygen atoms in total. The van der Waals surface area contributed by atoms with Gasteiger partial charge in [-0.05, 0) is 37.6 Å². The summed E-state index contributed by atoms with van der Waals surface area (Å²) in [7, 11) is 1.98. The van der Waals surface area contributed by atoms with E-state index in [9.17, 15) is 0 Å². The summed E-state index contributed by atoms with van der Waals surface area (Å²) in [6.45, 7) is 5.16. The summed E-state index contributed by atoms with van der Waals surface area (Å²) < 4.78 is 7.55. The first kappa shape index (κ1) is 12.6. The summed E-state index contributed by atoms with van der Waals surface area (Å²) in [5, 5.41) is 0. The molecule has 2 N–H and O–H groups in total. The third-order valence-corrected chi connectivity index (χ3v) is 2.95. The summed E-state index contributed by atoms with van der Waals surface area (Å²) in [4.78, 5) is 4.31. The van der Waals surface area contributed by atoms with E-state index in [1.807, 2.05) is 37.6 Å².